The molecule has 0 atom stereocenters. The molecule has 1 aromatic heterocycles. The van der Waals surface area contributed by atoms with Crippen LogP contribution in [0.5, 0.6) is 0 Å². The summed E-state index contributed by atoms with van der Waals surface area (Å²) in [5.74, 6) is -0.0790. The van der Waals surface area contributed by atoms with E-state index in [9.17, 15) is 4.79 Å². The third-order valence-corrected chi connectivity index (χ3v) is 4.80. The van der Waals surface area contributed by atoms with Gasteiger partial charge in [0.1, 0.15) is 0 Å². The van der Waals surface area contributed by atoms with Gasteiger partial charge >= 0.3 is 0 Å². The summed E-state index contributed by atoms with van der Waals surface area (Å²) in [6, 6.07) is 7.43. The van der Waals surface area contributed by atoms with Gasteiger partial charge in [-0.15, -0.1) is 12.4 Å². The second-order valence-electron chi connectivity index (χ2n) is 5.44. The first-order chi connectivity index (χ1) is 11.5. The van der Waals surface area contributed by atoms with E-state index in [1.165, 1.54) is 0 Å². The Bertz CT molecular complexity index is 689. The summed E-state index contributed by atoms with van der Waals surface area (Å²) in [6.45, 7) is 6.69. The Morgan fingerprint density at radius 2 is 1.88 bits per heavy atom. The predicted molar refractivity (Wildman–Crippen MR) is 105 cm³/mol. The second-order valence-corrected chi connectivity index (χ2v) is 6.24. The van der Waals surface area contributed by atoms with E-state index >= 15 is 0 Å². The summed E-state index contributed by atoms with van der Waals surface area (Å²) < 4.78 is 7.81. The fourth-order valence-corrected chi connectivity index (χ4v) is 2.54. The fourth-order valence-electron chi connectivity index (χ4n) is 2.29. The molecule has 0 saturated carbocycles. The van der Waals surface area contributed by atoms with Crippen molar-refractivity contribution in [3.05, 3.63) is 45.7 Å². The Hall–Kier alpha value is -1.41. The summed E-state index contributed by atoms with van der Waals surface area (Å²) >= 11 is 3.52. The Balaban J connectivity index is 0.00000312. The molecule has 0 radical (unpaired) electrons. The monoisotopic (exact) mass is 430 g/mol. The number of methoxy groups -OCH3 is 1. The lowest BCUT2D eigenvalue weighted by atomic mass is 10.2. The van der Waals surface area contributed by atoms with Crippen LogP contribution in [0.4, 0.5) is 0 Å². The number of benzene rings is 1. The quantitative estimate of drug-likeness (QED) is 0.631. The third kappa shape index (κ3) is 5.81. The Morgan fingerprint density at radius 3 is 2.44 bits per heavy atom. The van der Waals surface area contributed by atoms with Crippen molar-refractivity contribution in [3.8, 4) is 5.69 Å². The van der Waals surface area contributed by atoms with E-state index < -0.39 is 0 Å². The largest absolute Gasteiger partial charge is 0.383 e. The molecule has 25 heavy (non-hydrogen) atoms. The highest BCUT2D eigenvalue weighted by Gasteiger charge is 2.11. The van der Waals surface area contributed by atoms with Gasteiger partial charge in [-0.05, 0) is 54.0 Å². The number of halogens is 2. The highest BCUT2D eigenvalue weighted by Crippen LogP contribution is 2.23. The molecule has 0 fully saturated rings. The number of amides is 1. The van der Waals surface area contributed by atoms with E-state index in [0.29, 0.717) is 25.3 Å². The van der Waals surface area contributed by atoms with Crippen LogP contribution in [0.3, 0.4) is 0 Å². The number of nitrogens with zero attached hydrogens (tertiary/aromatic N) is 2. The van der Waals surface area contributed by atoms with Crippen molar-refractivity contribution in [2.24, 2.45) is 0 Å². The van der Waals surface area contributed by atoms with Crippen LogP contribution >= 0.6 is 28.3 Å². The predicted octanol–water partition coefficient (Wildman–Crippen LogP) is 2.64. The standard InChI is InChI=1S/C17H23BrN4O2.ClH/c1-12-16(18)13(2)22(21-12)15-6-4-14(5-7-15)17(23)20-9-8-19-10-11-24-3;/h4-7,19H,8-11H2,1-3H3,(H,20,23);1H. The molecule has 1 amide bonds. The maximum Gasteiger partial charge on any atom is 0.251 e. The smallest absolute Gasteiger partial charge is 0.251 e. The van der Waals surface area contributed by atoms with Crippen molar-refractivity contribution in [1.82, 2.24) is 20.4 Å². The Morgan fingerprint density at radius 1 is 1.20 bits per heavy atom. The van der Waals surface area contributed by atoms with Crippen LogP contribution < -0.4 is 10.6 Å². The van der Waals surface area contributed by atoms with Crippen LogP contribution in [0.25, 0.3) is 5.69 Å². The van der Waals surface area contributed by atoms with Gasteiger partial charge in [0.2, 0.25) is 0 Å². The number of hydrogen-bond donors (Lipinski definition) is 2. The fraction of sp³-hybridized carbons (Fsp3) is 0.412. The number of rotatable bonds is 8. The van der Waals surface area contributed by atoms with Crippen molar-refractivity contribution in [3.63, 3.8) is 0 Å². The zero-order valence-electron chi connectivity index (χ0n) is 14.6. The van der Waals surface area contributed by atoms with Gasteiger partial charge in [-0.1, -0.05) is 0 Å². The van der Waals surface area contributed by atoms with Crippen LogP contribution in [-0.2, 0) is 4.74 Å². The first-order valence-corrected chi connectivity index (χ1v) is 8.64. The SMILES string of the molecule is COCCNCCNC(=O)c1ccc(-n2nc(C)c(Br)c2C)cc1.Cl. The normalized spacial score (nSPS) is 10.4. The summed E-state index contributed by atoms with van der Waals surface area (Å²) in [5, 5.41) is 10.6. The molecular formula is C17H24BrClN4O2. The number of aromatic nitrogens is 2. The number of nitrogens with one attached hydrogen (secondary N) is 2. The molecule has 0 unspecified atom stereocenters. The average molecular weight is 432 g/mol. The maximum atomic E-state index is 12.1. The number of ether oxygens (including phenoxy) is 1. The van der Waals surface area contributed by atoms with Gasteiger partial charge in [0, 0.05) is 32.3 Å². The van der Waals surface area contributed by atoms with E-state index in [-0.39, 0.29) is 18.3 Å². The lowest BCUT2D eigenvalue weighted by Gasteiger charge is -2.08. The molecule has 2 N–H and O–H groups in total. The number of hydrogen-bond acceptors (Lipinski definition) is 4. The molecule has 1 heterocycles. The minimum absolute atomic E-state index is 0. The average Bonchev–Trinajstić information content (AvgIpc) is 2.85. The molecule has 2 rings (SSSR count). The van der Waals surface area contributed by atoms with Crippen molar-refractivity contribution in [2.45, 2.75) is 13.8 Å². The zero-order chi connectivity index (χ0) is 17.5. The van der Waals surface area contributed by atoms with Crippen molar-refractivity contribution >= 4 is 34.2 Å². The molecule has 0 aliphatic rings. The zero-order valence-corrected chi connectivity index (χ0v) is 17.0. The molecule has 138 valence electrons. The molecule has 0 aliphatic heterocycles. The van der Waals surface area contributed by atoms with Crippen LogP contribution in [-0.4, -0.2) is 49.0 Å². The summed E-state index contributed by atoms with van der Waals surface area (Å²) in [4.78, 5) is 12.1. The lowest BCUT2D eigenvalue weighted by molar-refractivity contribution is 0.0953. The maximum absolute atomic E-state index is 12.1. The van der Waals surface area contributed by atoms with E-state index in [1.807, 2.05) is 42.8 Å². The Kier molecular flexibility index (Phi) is 9.13. The minimum atomic E-state index is -0.0790. The van der Waals surface area contributed by atoms with Gasteiger partial charge in [-0.3, -0.25) is 4.79 Å². The van der Waals surface area contributed by atoms with E-state index in [2.05, 4.69) is 31.7 Å². The van der Waals surface area contributed by atoms with E-state index in [0.717, 1.165) is 28.1 Å². The van der Waals surface area contributed by atoms with E-state index in [1.54, 1.807) is 7.11 Å². The molecule has 6 nitrogen and oxygen atoms in total. The van der Waals surface area contributed by atoms with Gasteiger partial charge in [0.25, 0.3) is 5.91 Å². The molecule has 1 aromatic carbocycles. The van der Waals surface area contributed by atoms with E-state index in [4.69, 9.17) is 4.74 Å². The molecule has 0 aliphatic carbocycles. The van der Waals surface area contributed by atoms with Crippen LogP contribution in [0, 0.1) is 13.8 Å². The Labute approximate surface area is 162 Å². The highest BCUT2D eigenvalue weighted by molar-refractivity contribution is 9.10. The highest BCUT2D eigenvalue weighted by atomic mass is 79.9. The molecule has 0 bridgehead atoms. The van der Waals surface area contributed by atoms with Gasteiger partial charge < -0.3 is 15.4 Å². The summed E-state index contributed by atoms with van der Waals surface area (Å²) in [7, 11) is 1.66. The summed E-state index contributed by atoms with van der Waals surface area (Å²) in [6.07, 6.45) is 0. The van der Waals surface area contributed by atoms with Gasteiger partial charge in [0.05, 0.1) is 28.2 Å². The van der Waals surface area contributed by atoms with Gasteiger partial charge in [0.15, 0.2) is 0 Å². The van der Waals surface area contributed by atoms with Crippen LogP contribution in [0.1, 0.15) is 21.7 Å². The second kappa shape index (κ2) is 10.6. The van der Waals surface area contributed by atoms with Crippen molar-refractivity contribution < 1.29 is 9.53 Å². The number of carbonyl (C=O) groups is 1. The molecule has 8 heteroatoms. The molecule has 0 saturated heterocycles. The topological polar surface area (TPSA) is 68.2 Å². The first-order valence-electron chi connectivity index (χ1n) is 7.84. The van der Waals surface area contributed by atoms with Gasteiger partial charge in [-0.2, -0.15) is 5.10 Å². The molecule has 2 aromatic rings. The lowest BCUT2D eigenvalue weighted by Crippen LogP contribution is -2.33. The van der Waals surface area contributed by atoms with Crippen LogP contribution in [0.2, 0.25) is 0 Å². The number of aryl methyl sites for hydroxylation is 1. The number of carbonyl (C=O) groups excluding carboxylic acids is 1. The van der Waals surface area contributed by atoms with Crippen LogP contribution in [0.15, 0.2) is 28.7 Å². The third-order valence-electron chi connectivity index (χ3n) is 3.65. The minimum Gasteiger partial charge on any atom is -0.383 e. The summed E-state index contributed by atoms with van der Waals surface area (Å²) in [5.41, 5.74) is 3.54. The first kappa shape index (κ1) is 21.6. The van der Waals surface area contributed by atoms with Crippen molar-refractivity contribution in [1.29, 1.82) is 0 Å². The van der Waals surface area contributed by atoms with Crippen molar-refractivity contribution in [2.75, 3.05) is 33.4 Å². The molecular weight excluding hydrogens is 408 g/mol. The molecule has 0 spiro atoms. The van der Waals surface area contributed by atoms with Gasteiger partial charge in [-0.25, -0.2) is 4.68 Å².